The lowest BCUT2D eigenvalue weighted by molar-refractivity contribution is 0.0664. The number of hydrogen-bond donors (Lipinski definition) is 4. The number of carbonyl (C=O) groups is 2. The predicted molar refractivity (Wildman–Crippen MR) is 267 cm³/mol. The van der Waals surface area contributed by atoms with Crippen LogP contribution in [0.5, 0.6) is 0 Å². The molecule has 8 rings (SSSR count). The number of nitrogens with two attached hydrogens (primary N) is 1. The van der Waals surface area contributed by atoms with E-state index in [0.717, 1.165) is 73.9 Å². The first-order valence-corrected chi connectivity index (χ1v) is 26.8. The number of amides is 1. The fraction of sp³-hybridized carbons (Fsp3) is 0.480. The van der Waals surface area contributed by atoms with Gasteiger partial charge in [-0.1, -0.05) is 108 Å². The molecule has 67 heavy (non-hydrogen) atoms. The third-order valence-electron chi connectivity index (χ3n) is 11.9. The van der Waals surface area contributed by atoms with Crippen LogP contribution in [0.2, 0.25) is 25.7 Å². The summed E-state index contributed by atoms with van der Waals surface area (Å²) in [6.07, 6.45) is 10.6. The summed E-state index contributed by atoms with van der Waals surface area (Å²) >= 11 is 0. The van der Waals surface area contributed by atoms with Gasteiger partial charge in [-0.3, -0.25) is 19.3 Å². The topological polar surface area (TPSA) is 190 Å². The number of anilines is 2. The van der Waals surface area contributed by atoms with Crippen LogP contribution in [-0.4, -0.2) is 122 Å². The molecule has 2 unspecified atom stereocenters. The first-order chi connectivity index (χ1) is 31.6. The molecule has 2 aromatic carbocycles. The Bertz CT molecular complexity index is 2550. The standard InChI is InChI=1S/C22H28N6O.C15H26N2O3Si.C13H18N4/c1-22(2)10-17-18(11-22)25-26-20(17)21(29)24-16-12-23-28(13-16)19(14-27(3)4)15-8-6-5-7-9-15;1-15(2)8-11-12(9-15)17(16-13(11)14(18)19)10-20-6-7-21(3,4)5;1-16(2)10-13(11-6-4-3-5-7-11)17-9-12(14)8-15-17/h5-9,12-13,19H,10-11,14H2,1-4H3,(H,24,29)(H,25,26);6-10H2,1-5H3,(H,18,19);3-9,13H,10,14H2,1-2H3. The maximum atomic E-state index is 12.8. The van der Waals surface area contributed by atoms with Crippen molar-refractivity contribution < 1.29 is 19.4 Å². The number of aromatic nitrogens is 8. The van der Waals surface area contributed by atoms with Crippen LogP contribution in [0.15, 0.2) is 85.5 Å². The quantitative estimate of drug-likeness (QED) is 0.0548. The lowest BCUT2D eigenvalue weighted by Crippen LogP contribution is -2.25. The van der Waals surface area contributed by atoms with Crippen LogP contribution < -0.4 is 11.1 Å². The van der Waals surface area contributed by atoms with Crippen molar-refractivity contribution >= 4 is 31.3 Å². The number of aromatic carboxylic acids is 1. The van der Waals surface area contributed by atoms with Gasteiger partial charge in [-0.15, -0.1) is 0 Å². The van der Waals surface area contributed by atoms with E-state index in [-0.39, 0.29) is 34.5 Å². The number of nitrogens with zero attached hydrogens (tertiary/aromatic N) is 9. The van der Waals surface area contributed by atoms with Gasteiger partial charge >= 0.3 is 5.97 Å². The summed E-state index contributed by atoms with van der Waals surface area (Å²) in [5.74, 6) is -1.13. The molecule has 0 fully saturated rings. The molecular formula is C50H72N12O4Si. The molecule has 0 saturated carbocycles. The number of ether oxygens (including phenoxy) is 1. The normalized spacial score (nSPS) is 15.5. The molecule has 0 spiro atoms. The summed E-state index contributed by atoms with van der Waals surface area (Å²) in [6, 6.07) is 22.0. The predicted octanol–water partition coefficient (Wildman–Crippen LogP) is 7.77. The van der Waals surface area contributed by atoms with Gasteiger partial charge in [0.05, 0.1) is 35.9 Å². The third kappa shape index (κ3) is 13.8. The van der Waals surface area contributed by atoms with Gasteiger partial charge in [0, 0.05) is 62.7 Å². The molecule has 2 aliphatic rings. The van der Waals surface area contributed by atoms with Crippen LogP contribution in [0.1, 0.15) is 94.4 Å². The van der Waals surface area contributed by atoms with Crippen LogP contribution in [0.3, 0.4) is 0 Å². The van der Waals surface area contributed by atoms with Gasteiger partial charge < -0.3 is 30.7 Å². The monoisotopic (exact) mass is 933 g/mol. The molecular weight excluding hydrogens is 861 g/mol. The van der Waals surface area contributed by atoms with Crippen molar-refractivity contribution in [1.82, 2.24) is 49.3 Å². The van der Waals surface area contributed by atoms with Gasteiger partial charge in [0.1, 0.15) is 6.73 Å². The Morgan fingerprint density at radius 2 is 1.36 bits per heavy atom. The fourth-order valence-electron chi connectivity index (χ4n) is 8.68. The molecule has 360 valence electrons. The molecule has 17 heteroatoms. The Kier molecular flexibility index (Phi) is 16.1. The molecule has 4 aromatic heterocycles. The number of carbonyl (C=O) groups excluding carboxylic acids is 1. The lowest BCUT2D eigenvalue weighted by Gasteiger charge is -2.22. The molecule has 0 saturated heterocycles. The molecule has 0 aliphatic heterocycles. The highest BCUT2D eigenvalue weighted by Crippen LogP contribution is 2.38. The van der Waals surface area contributed by atoms with Gasteiger partial charge in [0.2, 0.25) is 0 Å². The van der Waals surface area contributed by atoms with Gasteiger partial charge in [0.15, 0.2) is 11.4 Å². The van der Waals surface area contributed by atoms with E-state index in [0.29, 0.717) is 23.8 Å². The van der Waals surface area contributed by atoms with Gasteiger partial charge in [-0.2, -0.15) is 20.4 Å². The molecule has 16 nitrogen and oxygen atoms in total. The van der Waals surface area contributed by atoms with E-state index in [2.05, 4.69) is 126 Å². The highest BCUT2D eigenvalue weighted by molar-refractivity contribution is 6.76. The van der Waals surface area contributed by atoms with Crippen molar-refractivity contribution in [1.29, 1.82) is 0 Å². The van der Waals surface area contributed by atoms with Crippen molar-refractivity contribution in [2.45, 2.75) is 97.9 Å². The number of rotatable bonds is 16. The zero-order chi connectivity index (χ0) is 48.7. The van der Waals surface area contributed by atoms with E-state index in [1.165, 1.54) is 11.1 Å². The van der Waals surface area contributed by atoms with Crippen molar-refractivity contribution in [3.05, 3.63) is 130 Å². The molecule has 1 amide bonds. The summed E-state index contributed by atoms with van der Waals surface area (Å²) in [5.41, 5.74) is 14.5. The first kappa shape index (κ1) is 50.5. The van der Waals surface area contributed by atoms with Crippen LogP contribution >= 0.6 is 0 Å². The summed E-state index contributed by atoms with van der Waals surface area (Å²) in [5, 5.41) is 32.6. The van der Waals surface area contributed by atoms with Crippen molar-refractivity contribution in [2.75, 3.05) is 58.9 Å². The van der Waals surface area contributed by atoms with E-state index >= 15 is 0 Å². The fourth-order valence-corrected chi connectivity index (χ4v) is 9.43. The minimum atomic E-state index is -1.10. The average Bonchev–Trinajstić information content (AvgIpc) is 4.11. The number of carboxylic acid groups (broad SMARTS) is 1. The van der Waals surface area contributed by atoms with Crippen molar-refractivity contribution in [3.63, 3.8) is 0 Å². The van der Waals surface area contributed by atoms with E-state index in [1.54, 1.807) is 17.1 Å². The largest absolute Gasteiger partial charge is 0.476 e. The van der Waals surface area contributed by atoms with E-state index in [4.69, 9.17) is 10.5 Å². The summed E-state index contributed by atoms with van der Waals surface area (Å²) in [7, 11) is 7.10. The second-order valence-electron chi connectivity index (χ2n) is 21.3. The molecule has 6 aromatic rings. The smallest absolute Gasteiger partial charge is 0.356 e. The van der Waals surface area contributed by atoms with E-state index < -0.39 is 14.0 Å². The molecule has 0 bridgehead atoms. The average molecular weight is 933 g/mol. The number of nitrogens with one attached hydrogen (secondary N) is 2. The number of hydrogen-bond acceptors (Lipinski definition) is 10. The van der Waals surface area contributed by atoms with Crippen LogP contribution in [0.4, 0.5) is 11.4 Å². The number of nitrogen functional groups attached to an aromatic ring is 1. The number of likely N-dealkylation sites (N-methyl/N-ethyl adjacent to an activating group) is 2. The number of fused-ring (bicyclic) bond motifs is 2. The van der Waals surface area contributed by atoms with Gasteiger partial charge in [-0.05, 0) is 81.9 Å². The summed E-state index contributed by atoms with van der Waals surface area (Å²) in [6.45, 7) is 18.5. The molecule has 2 atom stereocenters. The number of aromatic amines is 1. The number of benzene rings is 2. The Labute approximate surface area is 396 Å². The third-order valence-corrected chi connectivity index (χ3v) is 13.6. The second kappa shape index (κ2) is 21.4. The molecule has 0 radical (unpaired) electrons. The minimum Gasteiger partial charge on any atom is -0.476 e. The van der Waals surface area contributed by atoms with E-state index in [9.17, 15) is 14.7 Å². The summed E-state index contributed by atoms with van der Waals surface area (Å²) < 4.78 is 11.3. The maximum absolute atomic E-state index is 12.8. The SMILES string of the molecule is CC1(C)Cc2c(C(=O)O)nn(COCC[Si](C)(C)C)c2C1.CN(C)CC(c1ccccc1)n1cc(N)cn1.CN(C)CC(c1ccccc1)n1cc(NC(=O)c2n[nH]c3c2CC(C)(C)C3)cn1. The van der Waals surface area contributed by atoms with Gasteiger partial charge in [-0.25, -0.2) is 9.48 Å². The summed E-state index contributed by atoms with van der Waals surface area (Å²) in [4.78, 5) is 28.4. The van der Waals surface area contributed by atoms with Crippen LogP contribution in [0.25, 0.3) is 0 Å². The Morgan fingerprint density at radius 3 is 1.90 bits per heavy atom. The Hall–Kier alpha value is -5.88. The first-order valence-electron chi connectivity index (χ1n) is 23.1. The molecule has 2 aliphatic carbocycles. The van der Waals surface area contributed by atoms with E-state index in [1.807, 2.05) is 72.3 Å². The van der Waals surface area contributed by atoms with Crippen molar-refractivity contribution in [3.8, 4) is 0 Å². The van der Waals surface area contributed by atoms with Gasteiger partial charge in [0.25, 0.3) is 5.91 Å². The lowest BCUT2D eigenvalue weighted by atomic mass is 9.90. The minimum absolute atomic E-state index is 0.0623. The van der Waals surface area contributed by atoms with Crippen LogP contribution in [-0.2, 0) is 37.2 Å². The Morgan fingerprint density at radius 1 is 0.806 bits per heavy atom. The zero-order valence-corrected chi connectivity index (χ0v) is 42.4. The van der Waals surface area contributed by atoms with Crippen LogP contribution in [0, 0.1) is 10.8 Å². The Balaban J connectivity index is 0.000000173. The maximum Gasteiger partial charge on any atom is 0.356 e. The number of H-pyrrole nitrogens is 1. The second-order valence-corrected chi connectivity index (χ2v) is 26.9. The number of carboxylic acids is 1. The highest BCUT2D eigenvalue weighted by Gasteiger charge is 2.37. The molecule has 5 N–H and O–H groups in total. The highest BCUT2D eigenvalue weighted by atomic mass is 28.3. The van der Waals surface area contributed by atoms with Crippen molar-refractivity contribution in [2.24, 2.45) is 10.8 Å². The zero-order valence-electron chi connectivity index (χ0n) is 41.4. The molecule has 4 heterocycles.